The lowest BCUT2D eigenvalue weighted by Gasteiger charge is -2.33. The van der Waals surface area contributed by atoms with Gasteiger partial charge in [-0.1, -0.05) is 30.5 Å². The van der Waals surface area contributed by atoms with Gasteiger partial charge in [0.15, 0.2) is 0 Å². The molecule has 1 amide bonds. The quantitative estimate of drug-likeness (QED) is 0.645. The van der Waals surface area contributed by atoms with Crippen molar-refractivity contribution in [2.24, 2.45) is 0 Å². The number of aryl methyl sites for hydroxylation is 1. The first-order valence-corrected chi connectivity index (χ1v) is 10.2. The molecule has 0 aliphatic heterocycles. The molecule has 0 spiro atoms. The van der Waals surface area contributed by atoms with E-state index in [-0.39, 0.29) is 5.91 Å². The molecular weight excluding hydrogens is 346 g/mol. The van der Waals surface area contributed by atoms with E-state index in [1.807, 2.05) is 35.4 Å². The van der Waals surface area contributed by atoms with Crippen molar-refractivity contribution in [3.63, 3.8) is 0 Å². The van der Waals surface area contributed by atoms with Crippen molar-refractivity contribution in [2.75, 3.05) is 6.54 Å². The second kappa shape index (κ2) is 7.19. The number of carbonyl (C=O) groups excluding carboxylic acids is 1. The van der Waals surface area contributed by atoms with Crippen molar-refractivity contribution >= 4 is 28.3 Å². The highest BCUT2D eigenvalue weighted by molar-refractivity contribution is 7.13. The summed E-state index contributed by atoms with van der Waals surface area (Å²) < 4.78 is 5.41. The van der Waals surface area contributed by atoms with Gasteiger partial charge in [-0.3, -0.25) is 4.79 Å². The molecule has 0 atom stereocenters. The van der Waals surface area contributed by atoms with Gasteiger partial charge in [-0.2, -0.15) is 0 Å². The highest BCUT2D eigenvalue weighted by Gasteiger charge is 2.28. The first-order valence-electron chi connectivity index (χ1n) is 9.31. The van der Waals surface area contributed by atoms with Crippen LogP contribution in [0.1, 0.15) is 55.1 Å². The van der Waals surface area contributed by atoms with Gasteiger partial charge in [0, 0.05) is 12.6 Å². The molecule has 0 radical (unpaired) electrons. The Morgan fingerprint density at radius 1 is 1.35 bits per heavy atom. The van der Waals surface area contributed by atoms with Crippen LogP contribution in [0.25, 0.3) is 21.7 Å². The van der Waals surface area contributed by atoms with Crippen molar-refractivity contribution in [3.05, 3.63) is 34.8 Å². The fourth-order valence-electron chi connectivity index (χ4n) is 3.93. The molecule has 1 saturated carbocycles. The van der Waals surface area contributed by atoms with Crippen molar-refractivity contribution in [3.8, 4) is 10.6 Å². The second-order valence-corrected chi connectivity index (χ2v) is 7.81. The Balaban J connectivity index is 1.80. The number of nitrogens with zero attached hydrogens (tertiary/aromatic N) is 3. The van der Waals surface area contributed by atoms with Crippen LogP contribution < -0.4 is 0 Å². The predicted octanol–water partition coefficient (Wildman–Crippen LogP) is 5.05. The zero-order valence-electron chi connectivity index (χ0n) is 15.2. The lowest BCUT2D eigenvalue weighted by atomic mass is 9.93. The summed E-state index contributed by atoms with van der Waals surface area (Å²) in [7, 11) is 0. The van der Waals surface area contributed by atoms with E-state index in [1.54, 1.807) is 11.3 Å². The monoisotopic (exact) mass is 369 g/mol. The van der Waals surface area contributed by atoms with Crippen LogP contribution in [0, 0.1) is 6.92 Å². The Hall–Kier alpha value is -2.21. The highest BCUT2D eigenvalue weighted by Crippen LogP contribution is 2.31. The predicted molar refractivity (Wildman–Crippen MR) is 103 cm³/mol. The number of thiophene rings is 1. The van der Waals surface area contributed by atoms with Gasteiger partial charge in [0.1, 0.15) is 0 Å². The third kappa shape index (κ3) is 3.03. The fraction of sp³-hybridized carbons (Fsp3) is 0.450. The standard InChI is InChI=1S/C20H23N3O2S/c1-3-23(14-8-5-4-6-9-14)20(24)15-12-16(17-10-7-11-26-17)21-19-18(15)13(2)22-25-19/h7,10-12,14H,3-6,8-9H2,1-2H3. The maximum Gasteiger partial charge on any atom is 0.259 e. The van der Waals surface area contributed by atoms with Crippen LogP contribution in [0.2, 0.25) is 0 Å². The lowest BCUT2D eigenvalue weighted by Crippen LogP contribution is -2.41. The number of amides is 1. The summed E-state index contributed by atoms with van der Waals surface area (Å²) >= 11 is 1.60. The fourth-order valence-corrected chi connectivity index (χ4v) is 4.62. The molecule has 0 unspecified atom stereocenters. The van der Waals surface area contributed by atoms with Gasteiger partial charge in [-0.25, -0.2) is 4.98 Å². The largest absolute Gasteiger partial charge is 0.336 e. The van der Waals surface area contributed by atoms with Gasteiger partial charge in [0.25, 0.3) is 11.6 Å². The molecule has 1 aliphatic carbocycles. The molecule has 0 bridgehead atoms. The van der Waals surface area contributed by atoms with Gasteiger partial charge in [0.2, 0.25) is 0 Å². The van der Waals surface area contributed by atoms with Gasteiger partial charge in [0.05, 0.1) is 27.2 Å². The normalized spacial score (nSPS) is 15.5. The van der Waals surface area contributed by atoms with E-state index < -0.39 is 0 Å². The van der Waals surface area contributed by atoms with E-state index >= 15 is 0 Å². The SMILES string of the molecule is CCN(C(=O)c1cc(-c2cccs2)nc2onc(C)c12)C1CCCCC1. The van der Waals surface area contributed by atoms with Crippen LogP contribution in [-0.4, -0.2) is 33.5 Å². The molecule has 3 aromatic rings. The smallest absolute Gasteiger partial charge is 0.259 e. The summed E-state index contributed by atoms with van der Waals surface area (Å²) in [4.78, 5) is 21.1. The minimum Gasteiger partial charge on any atom is -0.336 e. The Morgan fingerprint density at radius 3 is 2.85 bits per heavy atom. The van der Waals surface area contributed by atoms with E-state index in [0.717, 1.165) is 28.8 Å². The molecule has 136 valence electrons. The molecular formula is C20H23N3O2S. The molecule has 1 fully saturated rings. The van der Waals surface area contributed by atoms with E-state index in [4.69, 9.17) is 4.52 Å². The molecule has 0 N–H and O–H groups in total. The molecule has 1 aliphatic rings. The second-order valence-electron chi connectivity index (χ2n) is 6.86. The summed E-state index contributed by atoms with van der Waals surface area (Å²) in [6, 6.07) is 6.23. The van der Waals surface area contributed by atoms with E-state index in [1.165, 1.54) is 19.3 Å². The maximum atomic E-state index is 13.5. The average molecular weight is 369 g/mol. The zero-order chi connectivity index (χ0) is 18.1. The number of rotatable bonds is 4. The number of aromatic nitrogens is 2. The summed E-state index contributed by atoms with van der Waals surface area (Å²) in [6.45, 7) is 4.64. The minimum absolute atomic E-state index is 0.0657. The first-order chi connectivity index (χ1) is 12.7. The molecule has 0 aromatic carbocycles. The number of hydrogen-bond donors (Lipinski definition) is 0. The lowest BCUT2D eigenvalue weighted by molar-refractivity contribution is 0.0650. The molecule has 26 heavy (non-hydrogen) atoms. The van der Waals surface area contributed by atoms with Crippen molar-refractivity contribution in [1.29, 1.82) is 0 Å². The highest BCUT2D eigenvalue weighted by atomic mass is 32.1. The summed E-state index contributed by atoms with van der Waals surface area (Å²) in [5.74, 6) is 0.0657. The maximum absolute atomic E-state index is 13.5. The van der Waals surface area contributed by atoms with Gasteiger partial charge >= 0.3 is 0 Å². The van der Waals surface area contributed by atoms with Crippen LogP contribution in [0.3, 0.4) is 0 Å². The summed E-state index contributed by atoms with van der Waals surface area (Å²) in [6.07, 6.45) is 5.86. The minimum atomic E-state index is 0.0657. The van der Waals surface area contributed by atoms with Crippen LogP contribution in [0.5, 0.6) is 0 Å². The Morgan fingerprint density at radius 2 is 2.15 bits per heavy atom. The van der Waals surface area contributed by atoms with E-state index in [9.17, 15) is 4.79 Å². The molecule has 6 heteroatoms. The third-order valence-electron chi connectivity index (χ3n) is 5.24. The van der Waals surface area contributed by atoms with Crippen LogP contribution >= 0.6 is 11.3 Å². The number of fused-ring (bicyclic) bond motifs is 1. The summed E-state index contributed by atoms with van der Waals surface area (Å²) in [5, 5.41) is 6.80. The van der Waals surface area contributed by atoms with Crippen LogP contribution in [0.4, 0.5) is 0 Å². The number of hydrogen-bond acceptors (Lipinski definition) is 5. The number of carbonyl (C=O) groups is 1. The zero-order valence-corrected chi connectivity index (χ0v) is 16.0. The molecule has 4 rings (SSSR count). The molecule has 0 saturated heterocycles. The van der Waals surface area contributed by atoms with Crippen molar-refractivity contribution in [2.45, 2.75) is 52.0 Å². The molecule has 5 nitrogen and oxygen atoms in total. The van der Waals surface area contributed by atoms with Crippen molar-refractivity contribution in [1.82, 2.24) is 15.0 Å². The van der Waals surface area contributed by atoms with Gasteiger partial charge < -0.3 is 9.42 Å². The number of pyridine rings is 1. The van der Waals surface area contributed by atoms with E-state index in [0.29, 0.717) is 29.6 Å². The molecule has 3 aromatic heterocycles. The van der Waals surface area contributed by atoms with Gasteiger partial charge in [-0.05, 0) is 44.2 Å². The van der Waals surface area contributed by atoms with Crippen molar-refractivity contribution < 1.29 is 9.32 Å². The van der Waals surface area contributed by atoms with Crippen LogP contribution in [-0.2, 0) is 0 Å². The first kappa shape index (κ1) is 17.2. The Labute approximate surface area is 157 Å². The Bertz CT molecular complexity index is 911. The average Bonchev–Trinajstić information content (AvgIpc) is 3.33. The topological polar surface area (TPSA) is 59.2 Å². The van der Waals surface area contributed by atoms with Crippen LogP contribution in [0.15, 0.2) is 28.1 Å². The molecule has 3 heterocycles. The van der Waals surface area contributed by atoms with E-state index in [2.05, 4.69) is 17.1 Å². The third-order valence-corrected chi connectivity index (χ3v) is 6.13. The summed E-state index contributed by atoms with van der Waals surface area (Å²) in [5.41, 5.74) is 2.58. The Kier molecular flexibility index (Phi) is 4.76. The van der Waals surface area contributed by atoms with Gasteiger partial charge in [-0.15, -0.1) is 11.3 Å².